The lowest BCUT2D eigenvalue weighted by Gasteiger charge is -2.35. The fourth-order valence-electron chi connectivity index (χ4n) is 8.25. The van der Waals surface area contributed by atoms with Crippen molar-refractivity contribution in [3.8, 4) is 22.9 Å². The molecule has 3 saturated carbocycles. The zero-order chi connectivity index (χ0) is 42.1. The SMILES string of the molecule is C=C[C@@H]1C[C@]1(NC(=O)[C@@H]1CC(Oc2cc(-c3csc(NC(=O)OC4CCCC4)n3)nc3cc(OC)ccc23)CN1C(=O)[C@@H](NC(=O)OC1CCCC1)C(C)(C)C)C(=O)O. The van der Waals surface area contributed by atoms with Crippen molar-refractivity contribution in [3.05, 3.63) is 42.3 Å². The van der Waals surface area contributed by atoms with Gasteiger partial charge in [0.05, 0.1) is 24.9 Å². The number of thiazole rings is 1. The Morgan fingerprint density at radius 1 is 0.966 bits per heavy atom. The number of rotatable bonds is 13. The maximum absolute atomic E-state index is 14.6. The molecule has 4 aliphatic rings. The quantitative estimate of drug-likeness (QED) is 0.137. The smallest absolute Gasteiger partial charge is 0.413 e. The summed E-state index contributed by atoms with van der Waals surface area (Å²) in [6.07, 6.45) is 6.44. The molecule has 1 saturated heterocycles. The van der Waals surface area contributed by atoms with Crippen molar-refractivity contribution in [3.63, 3.8) is 0 Å². The first-order valence-corrected chi connectivity index (χ1v) is 21.1. The van der Waals surface area contributed by atoms with Crippen molar-refractivity contribution in [2.24, 2.45) is 11.3 Å². The molecule has 4 N–H and O–H groups in total. The van der Waals surface area contributed by atoms with Crippen molar-refractivity contribution in [1.82, 2.24) is 25.5 Å². The van der Waals surface area contributed by atoms with Gasteiger partial charge in [0.25, 0.3) is 0 Å². The Morgan fingerprint density at radius 2 is 1.64 bits per heavy atom. The number of likely N-dealkylation sites (tertiary alicyclic amines) is 1. The lowest BCUT2D eigenvalue weighted by Crippen LogP contribution is -2.59. The maximum atomic E-state index is 14.6. The summed E-state index contributed by atoms with van der Waals surface area (Å²) >= 11 is 1.22. The Morgan fingerprint density at radius 3 is 2.25 bits per heavy atom. The summed E-state index contributed by atoms with van der Waals surface area (Å²) in [5, 5.41) is 21.0. The highest BCUT2D eigenvalue weighted by molar-refractivity contribution is 7.14. The predicted octanol–water partition coefficient (Wildman–Crippen LogP) is 6.44. The van der Waals surface area contributed by atoms with Crippen LogP contribution in [-0.4, -0.2) is 99.5 Å². The van der Waals surface area contributed by atoms with Crippen LogP contribution in [0, 0.1) is 11.3 Å². The summed E-state index contributed by atoms with van der Waals surface area (Å²) < 4.78 is 23.4. The van der Waals surface area contributed by atoms with Gasteiger partial charge in [-0.3, -0.25) is 14.9 Å². The Hall–Kier alpha value is -5.45. The molecule has 3 aliphatic carbocycles. The fourth-order valence-corrected chi connectivity index (χ4v) is 8.94. The van der Waals surface area contributed by atoms with E-state index in [1.807, 2.05) is 0 Å². The number of carboxylic acid groups (broad SMARTS) is 1. The van der Waals surface area contributed by atoms with Crippen LogP contribution < -0.4 is 25.4 Å². The maximum Gasteiger partial charge on any atom is 0.413 e. The van der Waals surface area contributed by atoms with Crippen molar-refractivity contribution in [2.75, 3.05) is 19.0 Å². The van der Waals surface area contributed by atoms with E-state index in [-0.39, 0.29) is 31.6 Å². The lowest BCUT2D eigenvalue weighted by molar-refractivity contribution is -0.146. The van der Waals surface area contributed by atoms with Gasteiger partial charge in [-0.2, -0.15) is 0 Å². The molecule has 0 spiro atoms. The van der Waals surface area contributed by atoms with Crippen LogP contribution in [0.25, 0.3) is 22.3 Å². The minimum absolute atomic E-state index is 0.0125. The van der Waals surface area contributed by atoms with E-state index in [1.165, 1.54) is 22.3 Å². The number of aromatic nitrogens is 2. The summed E-state index contributed by atoms with van der Waals surface area (Å²) in [5.74, 6) is -1.93. The second-order valence-electron chi connectivity index (χ2n) is 16.9. The van der Waals surface area contributed by atoms with E-state index in [0.29, 0.717) is 38.9 Å². The molecule has 3 aromatic rings. The predicted molar refractivity (Wildman–Crippen MR) is 218 cm³/mol. The number of ether oxygens (including phenoxy) is 4. The van der Waals surface area contributed by atoms with Gasteiger partial charge >= 0.3 is 18.2 Å². The number of nitrogens with zero attached hydrogens (tertiary/aromatic N) is 3. The molecule has 0 radical (unpaired) electrons. The van der Waals surface area contributed by atoms with E-state index < -0.39 is 65.0 Å². The van der Waals surface area contributed by atoms with E-state index in [2.05, 4.69) is 27.5 Å². The molecule has 4 amide bonds. The fraction of sp³-hybridized carbons (Fsp3) is 0.548. The number of alkyl carbamates (subject to hydrolysis) is 1. The molecule has 5 atom stereocenters. The number of pyridine rings is 1. The average molecular weight is 833 g/mol. The normalized spacial score (nSPS) is 23.7. The number of carbonyl (C=O) groups excluding carboxylic acids is 4. The first-order valence-electron chi connectivity index (χ1n) is 20.2. The molecule has 7 rings (SSSR count). The molecule has 2 aromatic heterocycles. The molecule has 316 valence electrons. The minimum atomic E-state index is -1.54. The standard InChI is InChI=1S/C42H52N6O10S/c1-6-23-20-42(23,37(51)52)47-35(49)32-18-27(21-48(32)36(50)34(41(2,3)4)45-39(53)57-24-11-7-8-12-24)56-33-19-30(43-29-17-26(55-5)15-16-28(29)33)31-22-59-38(44-31)46-40(54)58-25-13-9-10-14-25/h6,15-17,19,22-25,27,32,34H,1,7-14,18,20-21H2,2-5H3,(H,45,53)(H,47,49)(H,51,52)(H,44,46,54)/t23-,27?,32+,34-,42-/m1/s1. The van der Waals surface area contributed by atoms with E-state index >= 15 is 0 Å². The van der Waals surface area contributed by atoms with E-state index in [1.54, 1.807) is 57.5 Å². The van der Waals surface area contributed by atoms with Gasteiger partial charge in [-0.1, -0.05) is 26.8 Å². The highest BCUT2D eigenvalue weighted by atomic mass is 32.1. The molecule has 3 heterocycles. The molecule has 16 nitrogen and oxygen atoms in total. The van der Waals surface area contributed by atoms with Crippen molar-refractivity contribution < 1.29 is 48.0 Å². The molecule has 4 fully saturated rings. The molecule has 1 unspecified atom stereocenters. The van der Waals surface area contributed by atoms with E-state index in [4.69, 9.17) is 23.9 Å². The second kappa shape index (κ2) is 17.0. The third-order valence-corrected chi connectivity index (χ3v) is 12.4. The number of hydrogen-bond donors (Lipinski definition) is 4. The van der Waals surface area contributed by atoms with Crippen LogP contribution in [0.15, 0.2) is 42.3 Å². The number of carbonyl (C=O) groups is 5. The van der Waals surface area contributed by atoms with Crippen LogP contribution in [0.2, 0.25) is 0 Å². The Kier molecular flexibility index (Phi) is 12.0. The summed E-state index contributed by atoms with van der Waals surface area (Å²) in [5.41, 5.74) is -0.930. The van der Waals surface area contributed by atoms with Crippen LogP contribution >= 0.6 is 11.3 Å². The lowest BCUT2D eigenvalue weighted by atomic mass is 9.85. The number of carboxylic acids is 1. The second-order valence-corrected chi connectivity index (χ2v) is 17.8. The van der Waals surface area contributed by atoms with Gasteiger partial charge in [-0.15, -0.1) is 17.9 Å². The summed E-state index contributed by atoms with van der Waals surface area (Å²) in [6, 6.07) is 4.78. The summed E-state index contributed by atoms with van der Waals surface area (Å²) in [7, 11) is 1.54. The van der Waals surface area contributed by atoms with Crippen LogP contribution in [0.3, 0.4) is 0 Å². The molecule has 17 heteroatoms. The van der Waals surface area contributed by atoms with Gasteiger partial charge in [0.2, 0.25) is 11.8 Å². The average Bonchev–Trinajstić information content (AvgIpc) is 3.83. The molecule has 1 aromatic carbocycles. The molecule has 59 heavy (non-hydrogen) atoms. The summed E-state index contributed by atoms with van der Waals surface area (Å²) in [6.45, 7) is 9.08. The van der Waals surface area contributed by atoms with Crippen LogP contribution in [-0.2, 0) is 23.9 Å². The number of amides is 4. The molecule has 0 bridgehead atoms. The molecule has 1 aliphatic heterocycles. The number of fused-ring (bicyclic) bond motifs is 1. The van der Waals surface area contributed by atoms with Gasteiger partial charge in [-0.05, 0) is 75.3 Å². The number of nitrogens with one attached hydrogen (secondary N) is 3. The third-order valence-electron chi connectivity index (χ3n) is 11.7. The Bertz CT molecular complexity index is 2110. The van der Waals surface area contributed by atoms with E-state index in [9.17, 15) is 29.1 Å². The number of hydrogen-bond acceptors (Lipinski definition) is 12. The monoisotopic (exact) mass is 832 g/mol. The van der Waals surface area contributed by atoms with E-state index in [0.717, 1.165) is 51.4 Å². The van der Waals surface area contributed by atoms with Crippen molar-refractivity contribution >= 4 is 57.3 Å². The number of benzene rings is 1. The Balaban J connectivity index is 1.17. The van der Waals surface area contributed by atoms with Gasteiger partial charge in [0.15, 0.2) is 5.13 Å². The topological polar surface area (TPSA) is 208 Å². The molecular weight excluding hydrogens is 781 g/mol. The van der Waals surface area contributed by atoms with Crippen LogP contribution in [0.5, 0.6) is 11.5 Å². The first kappa shape index (κ1) is 41.7. The highest BCUT2D eigenvalue weighted by Gasteiger charge is 2.61. The molecular formula is C42H52N6O10S. The van der Waals surface area contributed by atoms with Gasteiger partial charge in [-0.25, -0.2) is 24.4 Å². The van der Waals surface area contributed by atoms with Crippen LogP contribution in [0.1, 0.15) is 85.0 Å². The first-order chi connectivity index (χ1) is 28.2. The highest BCUT2D eigenvalue weighted by Crippen LogP contribution is 2.45. The van der Waals surface area contributed by atoms with Gasteiger partial charge in [0.1, 0.15) is 53.1 Å². The third kappa shape index (κ3) is 9.24. The van der Waals surface area contributed by atoms with Crippen molar-refractivity contribution in [2.45, 2.75) is 121 Å². The van der Waals surface area contributed by atoms with Crippen molar-refractivity contribution in [1.29, 1.82) is 0 Å². The zero-order valence-corrected chi connectivity index (χ0v) is 34.6. The Labute approximate surface area is 346 Å². The minimum Gasteiger partial charge on any atom is -0.497 e. The number of aliphatic carboxylic acids is 1. The van der Waals surface area contributed by atoms with Gasteiger partial charge < -0.3 is 39.6 Å². The van der Waals surface area contributed by atoms with Crippen LogP contribution in [0.4, 0.5) is 14.7 Å². The number of anilines is 1. The largest absolute Gasteiger partial charge is 0.497 e. The zero-order valence-electron chi connectivity index (χ0n) is 33.8. The van der Waals surface area contributed by atoms with Gasteiger partial charge in [0, 0.05) is 35.2 Å². The number of methoxy groups -OCH3 is 1. The summed E-state index contributed by atoms with van der Waals surface area (Å²) in [4.78, 5) is 77.7.